The van der Waals surface area contributed by atoms with Gasteiger partial charge in [-0.05, 0) is 18.2 Å². The van der Waals surface area contributed by atoms with Crippen molar-refractivity contribution in [1.29, 1.82) is 0 Å². The molecule has 2 aromatic rings. The van der Waals surface area contributed by atoms with Gasteiger partial charge in [-0.2, -0.15) is 0 Å². The van der Waals surface area contributed by atoms with E-state index in [9.17, 15) is 4.79 Å². The van der Waals surface area contributed by atoms with Crippen molar-refractivity contribution in [2.75, 3.05) is 5.75 Å². The van der Waals surface area contributed by atoms with Crippen LogP contribution in [0.3, 0.4) is 0 Å². The molecule has 100 valence electrons. The van der Waals surface area contributed by atoms with E-state index in [-0.39, 0.29) is 5.56 Å². The molecular formula is C14H15ClN2OS. The van der Waals surface area contributed by atoms with E-state index in [1.165, 1.54) is 11.8 Å². The molecule has 0 N–H and O–H groups in total. The molecule has 19 heavy (non-hydrogen) atoms. The van der Waals surface area contributed by atoms with Crippen LogP contribution >= 0.6 is 23.4 Å². The van der Waals surface area contributed by atoms with Crippen molar-refractivity contribution in [3.8, 4) is 0 Å². The molecule has 3 nitrogen and oxygen atoms in total. The second kappa shape index (κ2) is 6.26. The first-order valence-corrected chi connectivity index (χ1v) is 7.43. The van der Waals surface area contributed by atoms with Gasteiger partial charge in [0.2, 0.25) is 0 Å². The summed E-state index contributed by atoms with van der Waals surface area (Å²) < 4.78 is 1.68. The summed E-state index contributed by atoms with van der Waals surface area (Å²) in [6, 6.07) is 9.86. The van der Waals surface area contributed by atoms with Crippen molar-refractivity contribution >= 4 is 23.4 Å². The number of nitrogens with zero attached hydrogens (tertiary/aromatic N) is 2. The molecule has 0 aliphatic heterocycles. The summed E-state index contributed by atoms with van der Waals surface area (Å²) in [5, 5.41) is 0.862. The Balaban J connectivity index is 2.47. The molecule has 1 heterocycles. The number of hydrogen-bond donors (Lipinski definition) is 0. The average molecular weight is 295 g/mol. The van der Waals surface area contributed by atoms with Crippen LogP contribution in [0.2, 0.25) is 5.15 Å². The molecule has 0 atom stereocenters. The van der Waals surface area contributed by atoms with Crippen LogP contribution in [-0.2, 0) is 6.54 Å². The van der Waals surface area contributed by atoms with E-state index >= 15 is 0 Å². The summed E-state index contributed by atoms with van der Waals surface area (Å²) in [6.07, 6.45) is 0. The third-order valence-electron chi connectivity index (χ3n) is 2.80. The van der Waals surface area contributed by atoms with E-state index in [2.05, 4.69) is 4.98 Å². The molecule has 0 unspecified atom stereocenters. The van der Waals surface area contributed by atoms with Crippen LogP contribution < -0.4 is 5.56 Å². The maximum absolute atomic E-state index is 12.4. The number of halogens is 1. The van der Waals surface area contributed by atoms with Crippen LogP contribution in [-0.4, -0.2) is 15.3 Å². The third-order valence-corrected chi connectivity index (χ3v) is 3.98. The average Bonchev–Trinajstić information content (AvgIpc) is 2.42. The van der Waals surface area contributed by atoms with E-state index in [0.29, 0.717) is 22.4 Å². The number of hydrogen-bond acceptors (Lipinski definition) is 3. The molecule has 0 spiro atoms. The summed E-state index contributed by atoms with van der Waals surface area (Å²) in [5.74, 6) is 0.799. The fourth-order valence-electron chi connectivity index (χ4n) is 1.78. The van der Waals surface area contributed by atoms with E-state index in [1.807, 2.05) is 44.2 Å². The van der Waals surface area contributed by atoms with Crippen molar-refractivity contribution < 1.29 is 0 Å². The molecule has 0 aliphatic rings. The topological polar surface area (TPSA) is 34.9 Å². The standard InChI is InChI=1S/C14H15ClN2OS/c1-3-19-13-14(18)17(10(2)12(15)16-13)9-11-7-5-4-6-8-11/h4-8H,3,9H2,1-2H3. The molecule has 5 heteroatoms. The lowest BCUT2D eigenvalue weighted by Gasteiger charge is -2.12. The van der Waals surface area contributed by atoms with E-state index in [1.54, 1.807) is 4.57 Å². The third kappa shape index (κ3) is 3.19. The van der Waals surface area contributed by atoms with Gasteiger partial charge in [0.25, 0.3) is 5.56 Å². The summed E-state index contributed by atoms with van der Waals surface area (Å²) >= 11 is 7.53. The SMILES string of the molecule is CCSc1nc(Cl)c(C)n(Cc2ccccc2)c1=O. The molecule has 0 saturated carbocycles. The highest BCUT2D eigenvalue weighted by Gasteiger charge is 2.12. The van der Waals surface area contributed by atoms with E-state index < -0.39 is 0 Å². The Hall–Kier alpha value is -1.26. The highest BCUT2D eigenvalue weighted by Crippen LogP contribution is 2.17. The zero-order chi connectivity index (χ0) is 13.8. The Morgan fingerprint density at radius 3 is 2.63 bits per heavy atom. The quantitative estimate of drug-likeness (QED) is 0.811. The highest BCUT2D eigenvalue weighted by molar-refractivity contribution is 7.99. The summed E-state index contributed by atoms with van der Waals surface area (Å²) in [4.78, 5) is 16.5. The van der Waals surface area contributed by atoms with Gasteiger partial charge in [-0.1, -0.05) is 48.9 Å². The fourth-order valence-corrected chi connectivity index (χ4v) is 2.68. The van der Waals surface area contributed by atoms with E-state index in [0.717, 1.165) is 11.3 Å². The van der Waals surface area contributed by atoms with Crippen LogP contribution in [0.4, 0.5) is 0 Å². The second-order valence-electron chi connectivity index (χ2n) is 4.10. The molecule has 0 aliphatic carbocycles. The predicted molar refractivity (Wildman–Crippen MR) is 80.2 cm³/mol. The maximum atomic E-state index is 12.4. The maximum Gasteiger partial charge on any atom is 0.283 e. The van der Waals surface area contributed by atoms with Gasteiger partial charge in [0, 0.05) is 0 Å². The molecule has 0 radical (unpaired) electrons. The molecule has 0 amide bonds. The Bertz CT molecular complexity index is 625. The van der Waals surface area contributed by atoms with Gasteiger partial charge >= 0.3 is 0 Å². The fraction of sp³-hybridized carbons (Fsp3) is 0.286. The minimum Gasteiger partial charge on any atom is -0.303 e. The molecule has 1 aromatic carbocycles. The van der Waals surface area contributed by atoms with Gasteiger partial charge in [-0.3, -0.25) is 4.79 Å². The number of thioether (sulfide) groups is 1. The van der Waals surface area contributed by atoms with Crippen LogP contribution in [0, 0.1) is 6.92 Å². The second-order valence-corrected chi connectivity index (χ2v) is 5.71. The number of benzene rings is 1. The smallest absolute Gasteiger partial charge is 0.283 e. The minimum atomic E-state index is -0.0717. The largest absolute Gasteiger partial charge is 0.303 e. The van der Waals surface area contributed by atoms with Crippen LogP contribution in [0.1, 0.15) is 18.2 Å². The lowest BCUT2D eigenvalue weighted by molar-refractivity contribution is 0.691. The van der Waals surface area contributed by atoms with Crippen LogP contribution in [0.5, 0.6) is 0 Å². The van der Waals surface area contributed by atoms with Gasteiger partial charge in [0.05, 0.1) is 12.2 Å². The Kier molecular flexibility index (Phi) is 4.66. The van der Waals surface area contributed by atoms with Crippen LogP contribution in [0.25, 0.3) is 0 Å². The summed E-state index contributed by atoms with van der Waals surface area (Å²) in [7, 11) is 0. The Labute approximate surface area is 121 Å². The van der Waals surface area contributed by atoms with E-state index in [4.69, 9.17) is 11.6 Å². The highest BCUT2D eigenvalue weighted by atomic mass is 35.5. The van der Waals surface area contributed by atoms with Gasteiger partial charge in [-0.25, -0.2) is 4.98 Å². The molecule has 0 bridgehead atoms. The lowest BCUT2D eigenvalue weighted by atomic mass is 10.2. The lowest BCUT2D eigenvalue weighted by Crippen LogP contribution is -2.26. The normalized spacial score (nSPS) is 10.7. The first-order valence-electron chi connectivity index (χ1n) is 6.07. The Morgan fingerprint density at radius 1 is 1.32 bits per heavy atom. The molecule has 0 fully saturated rings. The minimum absolute atomic E-state index is 0.0717. The first-order chi connectivity index (χ1) is 9.13. The number of rotatable bonds is 4. The molecule has 0 saturated heterocycles. The summed E-state index contributed by atoms with van der Waals surface area (Å²) in [5.41, 5.74) is 1.70. The monoisotopic (exact) mass is 294 g/mol. The van der Waals surface area contributed by atoms with Crippen molar-refractivity contribution in [1.82, 2.24) is 9.55 Å². The van der Waals surface area contributed by atoms with Crippen molar-refractivity contribution in [3.63, 3.8) is 0 Å². The molecule has 1 aromatic heterocycles. The van der Waals surface area contributed by atoms with Crippen molar-refractivity contribution in [3.05, 3.63) is 57.1 Å². The van der Waals surface area contributed by atoms with Gasteiger partial charge < -0.3 is 4.57 Å². The zero-order valence-electron chi connectivity index (χ0n) is 10.9. The van der Waals surface area contributed by atoms with Gasteiger partial charge in [0.15, 0.2) is 5.03 Å². The number of aromatic nitrogens is 2. The zero-order valence-corrected chi connectivity index (χ0v) is 12.5. The molecule has 2 rings (SSSR count). The van der Waals surface area contributed by atoms with Crippen molar-refractivity contribution in [2.45, 2.75) is 25.4 Å². The summed E-state index contributed by atoms with van der Waals surface area (Å²) in [6.45, 7) is 4.33. The van der Waals surface area contributed by atoms with Crippen molar-refractivity contribution in [2.24, 2.45) is 0 Å². The van der Waals surface area contributed by atoms with Gasteiger partial charge in [0.1, 0.15) is 5.15 Å². The Morgan fingerprint density at radius 2 is 2.00 bits per heavy atom. The molecular weight excluding hydrogens is 280 g/mol. The predicted octanol–water partition coefficient (Wildman–Crippen LogP) is 3.37. The first kappa shape index (κ1) is 14.2. The van der Waals surface area contributed by atoms with Gasteiger partial charge in [-0.15, -0.1) is 11.8 Å². The van der Waals surface area contributed by atoms with Crippen LogP contribution in [0.15, 0.2) is 40.2 Å².